The maximum atomic E-state index is 9.89. The van der Waals surface area contributed by atoms with Crippen molar-refractivity contribution in [1.29, 1.82) is 0 Å². The topological polar surface area (TPSA) is 39.4 Å². The molecule has 0 fully saturated rings. The van der Waals surface area contributed by atoms with E-state index in [-0.39, 0.29) is 10.8 Å². The monoisotopic (exact) mass is 1610 g/mol. The summed E-state index contributed by atoms with van der Waals surface area (Å²) in [6, 6.07) is -61.4. The lowest BCUT2D eigenvalue weighted by Crippen LogP contribution is -1.92. The van der Waals surface area contributed by atoms with Crippen LogP contribution in [0, 0.1) is 0 Å². The fourth-order valence-electron chi connectivity index (χ4n) is 14.3. The number of fused-ring (bicyclic) bond motifs is 16. The van der Waals surface area contributed by atoms with Gasteiger partial charge in [0.1, 0.15) is 33.5 Å². The summed E-state index contributed by atoms with van der Waals surface area (Å²) < 4.78 is 657. The highest BCUT2D eigenvalue weighted by Crippen LogP contribution is 2.51. The molecule has 3 heterocycles. The van der Waals surface area contributed by atoms with Crippen molar-refractivity contribution in [1.82, 2.24) is 0 Å². The van der Waals surface area contributed by atoms with Crippen LogP contribution in [-0.4, -0.2) is 0 Å². The zero-order valence-corrected chi connectivity index (χ0v) is 60.4. The third-order valence-corrected chi connectivity index (χ3v) is 19.3. The van der Waals surface area contributed by atoms with E-state index in [1.165, 1.54) is 0 Å². The molecule has 25 aromatic rings. The van der Waals surface area contributed by atoms with Crippen molar-refractivity contribution in [3.05, 3.63) is 447 Å². The summed E-state index contributed by atoms with van der Waals surface area (Å²) >= 11 is 0. The van der Waals surface area contributed by atoms with Gasteiger partial charge in [0.15, 0.2) is 0 Å². The fourth-order valence-corrected chi connectivity index (χ4v) is 14.3. The van der Waals surface area contributed by atoms with Crippen LogP contribution in [-0.2, 0) is 0 Å². The van der Waals surface area contributed by atoms with Gasteiger partial charge in [0.05, 0.1) is 98.7 Å². The molecule has 0 saturated carbocycles. The second-order valence-corrected chi connectivity index (χ2v) is 25.9. The summed E-state index contributed by atoms with van der Waals surface area (Å²) in [5.41, 5.74) is -16.5. The Bertz CT molecular complexity index is 12800. The highest BCUT2D eigenvalue weighted by atomic mass is 16.3. The summed E-state index contributed by atoms with van der Waals surface area (Å²) in [5, 5.41) is -11.6. The Morgan fingerprint density at radius 1 is 0.132 bits per heavy atom. The van der Waals surface area contributed by atoms with E-state index >= 15 is 0 Å². The molecule has 25 rings (SSSR count). The third kappa shape index (κ3) is 12.3. The minimum absolute atomic E-state index is 0.319. The Labute approximate surface area is 799 Å². The SMILES string of the molecule is [2H]c1c([2H])c([2H])c(-c2c([2H])c(-c3c([2H])c([2H])c([2H])c([2H])c3[2H])c([2H])c(-c3c4c([2H])c([2H])c([2H])c([2H])c4c(-c4c([2H])c([2H])c5oc6c([2H])c([2H])c([2H])c([2H])c6c5c4[2H])c4c([2H])c([2H])c([2H])c([2H])c34)c2[2H])c([2H])c1[2H].[2H]c1cc([2H])c2c(-c3c([2H])c(-c4c([2H])c([2H])c([2H])c([2H])c4[2H])c([2H])c4c([2H])c([2H])c([2H])c([2H])c34)c3c([2H])c([2H])c([2H])c([2H])c3c(-c3c([2H])c([2H])c4oc5c([2H])c([2H])c([2H])c([2H])c5c4c3[2H])c2c1[2H].[2H]c1cc([2H])c2c(-c3c([2H])c([2H])c([2H])c([2H])c3[2H])c3c([2H])c([2H])c([2H])c([2H])c3c(-c3c([2H])c([2H])c4oc5c([2H])c([2H])c([2H])c([2H])c5c4c3[2H])c2c1[2H]. The van der Waals surface area contributed by atoms with Gasteiger partial charge in [-0.05, 0) is 260 Å². The van der Waals surface area contributed by atoms with Gasteiger partial charge in [-0.2, -0.15) is 0 Å². The van der Waals surface area contributed by atoms with E-state index in [1.807, 2.05) is 0 Å². The maximum Gasteiger partial charge on any atom is 0.135 e. The van der Waals surface area contributed by atoms with Crippen molar-refractivity contribution >= 4 is 141 Å². The van der Waals surface area contributed by atoms with Crippen molar-refractivity contribution in [3.63, 3.8) is 0 Å². The molecule has 121 heavy (non-hydrogen) atoms. The lowest BCUT2D eigenvalue weighted by molar-refractivity contribution is 0.668. The Morgan fingerprint density at radius 3 is 0.752 bits per heavy atom. The summed E-state index contributed by atoms with van der Waals surface area (Å²) in [6.07, 6.45) is 0. The van der Waals surface area contributed by atoms with Crippen molar-refractivity contribution < 1.29 is 112 Å². The lowest BCUT2D eigenvalue weighted by atomic mass is 9.83. The zero-order valence-electron chi connectivity index (χ0n) is 132. The van der Waals surface area contributed by atoms with Crippen LogP contribution in [0.4, 0.5) is 0 Å². The van der Waals surface area contributed by atoms with Crippen molar-refractivity contribution in [3.8, 4) is 100 Å². The molecule has 0 bridgehead atoms. The van der Waals surface area contributed by atoms with Crippen LogP contribution >= 0.6 is 0 Å². The van der Waals surface area contributed by atoms with Crippen molar-refractivity contribution in [2.24, 2.45) is 0 Å². The Hall–Kier alpha value is -15.9. The molecular weight excluding hydrogens is 1470 g/mol. The number of rotatable bonds is 9. The van der Waals surface area contributed by atoms with Crippen molar-refractivity contribution in [2.75, 3.05) is 0 Å². The molecule has 0 atom stereocenters. The van der Waals surface area contributed by atoms with Crippen LogP contribution in [0.25, 0.3) is 241 Å². The van der Waals surface area contributed by atoms with E-state index < -0.39 is 666 Å². The first-order valence-corrected chi connectivity index (χ1v) is 35.6. The molecule has 3 nitrogen and oxygen atoms in total. The Balaban J connectivity index is 0.000000152. The molecule has 3 aromatic heterocycles. The largest absolute Gasteiger partial charge is 0.456 e. The lowest BCUT2D eigenvalue weighted by Gasteiger charge is -2.19. The van der Waals surface area contributed by atoms with Gasteiger partial charge in [-0.25, -0.2) is 0 Å². The number of furan rings is 3. The van der Waals surface area contributed by atoms with Gasteiger partial charge >= 0.3 is 0 Å². The molecule has 564 valence electrons. The van der Waals surface area contributed by atoms with Gasteiger partial charge in [0.25, 0.3) is 0 Å². The highest BCUT2D eigenvalue weighted by molar-refractivity contribution is 6.27. The van der Waals surface area contributed by atoms with Crippen LogP contribution in [0.3, 0.4) is 0 Å². The van der Waals surface area contributed by atoms with E-state index in [0.717, 1.165) is 12.1 Å². The van der Waals surface area contributed by atoms with Crippen LogP contribution in [0.5, 0.6) is 0 Å². The van der Waals surface area contributed by atoms with E-state index in [0.29, 0.717) is 0 Å². The molecule has 22 aromatic carbocycles. The predicted octanol–water partition coefficient (Wildman–Crippen LogP) is 33.8. The van der Waals surface area contributed by atoms with E-state index in [2.05, 4.69) is 0 Å². The molecule has 0 radical (unpaired) electrons. The van der Waals surface area contributed by atoms with Crippen LogP contribution < -0.4 is 0 Å². The van der Waals surface area contributed by atoms with Crippen LogP contribution in [0.15, 0.2) is 460 Å². The third-order valence-electron chi connectivity index (χ3n) is 19.3. The molecule has 0 N–H and O–H groups in total. The zero-order chi connectivity index (χ0) is 143. The summed E-state index contributed by atoms with van der Waals surface area (Å²) in [6.45, 7) is 0. The minimum Gasteiger partial charge on any atom is -0.456 e. The van der Waals surface area contributed by atoms with Gasteiger partial charge < -0.3 is 13.3 Å². The van der Waals surface area contributed by atoms with Crippen molar-refractivity contribution in [2.45, 2.75) is 0 Å². The Kier molecular flexibility index (Phi) is 7.04. The van der Waals surface area contributed by atoms with E-state index in [1.54, 1.807) is 0 Å². The first kappa shape index (κ1) is 28.7. The minimum atomic E-state index is -1.16. The average Bonchev–Trinajstić information content (AvgIpc) is 1.25. The normalized spacial score (nSPS) is 20.0. The van der Waals surface area contributed by atoms with Gasteiger partial charge in [0.2, 0.25) is 0 Å². The maximum absolute atomic E-state index is 9.89. The molecule has 0 unspecified atom stereocenters. The molecule has 0 aliphatic rings. The first-order chi connectivity index (χ1) is 90.0. The molecule has 0 aliphatic carbocycles. The second-order valence-electron chi connectivity index (χ2n) is 25.9. The number of hydrogen-bond acceptors (Lipinski definition) is 3. The summed E-state index contributed by atoms with van der Waals surface area (Å²) in [5.74, 6) is 0. The molecule has 0 aliphatic heterocycles. The molecule has 3 heteroatoms. The van der Waals surface area contributed by atoms with Gasteiger partial charge in [-0.1, -0.05) is 363 Å². The van der Waals surface area contributed by atoms with Gasteiger partial charge in [-0.3, -0.25) is 0 Å². The first-order valence-electron chi connectivity index (χ1n) is 71.6. The van der Waals surface area contributed by atoms with E-state index in [9.17, 15) is 26.0 Å². The number of benzene rings is 22. The van der Waals surface area contributed by atoms with Crippen LogP contribution in [0.1, 0.15) is 98.7 Å². The van der Waals surface area contributed by atoms with Gasteiger partial charge in [0, 0.05) is 32.3 Å². The molecule has 0 saturated heterocycles. The predicted molar refractivity (Wildman–Crippen MR) is 513 cm³/mol. The van der Waals surface area contributed by atoms with Gasteiger partial charge in [-0.15, -0.1) is 0 Å². The number of hydrogen-bond donors (Lipinski definition) is 0. The summed E-state index contributed by atoms with van der Waals surface area (Å²) in [7, 11) is 0. The quantitative estimate of drug-likeness (QED) is 0.135. The second kappa shape index (κ2) is 29.7. The molecular formula is C118H74O3. The smallest absolute Gasteiger partial charge is 0.135 e. The average molecular weight is 1610 g/mol. The summed E-state index contributed by atoms with van der Waals surface area (Å²) in [4.78, 5) is 0. The molecule has 0 spiro atoms. The van der Waals surface area contributed by atoms with E-state index in [4.69, 9.17) is 85.9 Å². The number of para-hydroxylation sites is 3. The fraction of sp³-hybridized carbons (Fsp3) is 0. The highest BCUT2D eigenvalue weighted by Gasteiger charge is 2.24. The Morgan fingerprint density at radius 2 is 0.380 bits per heavy atom. The molecule has 0 amide bonds. The standard InChI is InChI=1S/C44H28O.C42H26O.C32H20O/c1-3-13-29(14-4-1)32-25-33(30-15-5-2-6-16-30)27-34(26-32)44-38-20-9-7-18-36(38)43(37-19-8-10-21-39(37)44)31-23-24-42-40(28-31)35-17-11-12-22-41(35)45-42;1-2-12-27(13-3-1)30-24-28-14-4-5-15-31(28)38(26-30)42-35-19-8-6-17-33(35)41(34-18-7-9-20-36(34)42)29-22-23-40-37(25-29)32-16-10-11-21-39(32)43-40;1-2-10-21(11-3-1)31-24-13-4-6-15-26(24)32(27-16-7-5-14-25(27)31)22-18-19-30-28(20-22)23-12-8-9-17-29(23)33-30/h1-28H;1-26H;1-20H/i1D,2D,3D,4D,5D,6D,7D,8D,9D,10D,11D,12D,13D,14D,15D,16D,17D,18D,19D,20D,21D,22D,23D,24D,25D,26D,27D,28D;1D,2D,3D,4D,5D,6D,7D,8D,10D,11D,12D,13D,14D,15D,16D,17D,18D,19D,20D,21D,22D,23D,24D,25D,26D;1D,2D,3D,4D,6D,7D,8D,9D,10D,11D,12D,13D,14D,15D,16D,17D,18D,19D,20D. The van der Waals surface area contributed by atoms with Crippen LogP contribution in [0.2, 0.25) is 0 Å².